The minimum Gasteiger partial charge on any atom is -0.493 e. The van der Waals surface area contributed by atoms with E-state index in [1.54, 1.807) is 57.2 Å². The second kappa shape index (κ2) is 14.7. The standard InChI is InChI=1S/C31H31IN2O10S/c1-7-41-22-14-19(9-10-21(22)43-15-25(36)40-6)27-26(30(38)42-8-2)16(3)33-31-34(27)29(37)24(45-31)13-18-11-20(32)28(44-17(4)35)23(12-18)39-5/h9-14,27H,7-8,15H2,1-6H3/b24-13+/t27-/m0/s1. The first-order valence-corrected chi connectivity index (χ1v) is 15.6. The fraction of sp³-hybridized carbons (Fsp3) is 0.323. The summed E-state index contributed by atoms with van der Waals surface area (Å²) in [6.07, 6.45) is 1.68. The number of rotatable bonds is 11. The molecule has 1 atom stereocenters. The van der Waals surface area contributed by atoms with Gasteiger partial charge in [0.2, 0.25) is 0 Å². The Morgan fingerprint density at radius 3 is 2.44 bits per heavy atom. The van der Waals surface area contributed by atoms with Crippen LogP contribution in [-0.2, 0) is 23.9 Å². The first-order valence-electron chi connectivity index (χ1n) is 13.7. The van der Waals surface area contributed by atoms with Gasteiger partial charge in [0.1, 0.15) is 0 Å². The summed E-state index contributed by atoms with van der Waals surface area (Å²) in [5.41, 5.74) is 1.37. The van der Waals surface area contributed by atoms with Crippen LogP contribution in [0.15, 0.2) is 51.4 Å². The predicted octanol–water partition coefficient (Wildman–Crippen LogP) is 3.29. The third kappa shape index (κ3) is 7.39. The third-order valence-corrected chi connectivity index (χ3v) is 8.25. The Labute approximate surface area is 276 Å². The van der Waals surface area contributed by atoms with Crippen LogP contribution in [0.1, 0.15) is 44.9 Å². The lowest BCUT2D eigenvalue weighted by Gasteiger charge is -2.25. The highest BCUT2D eigenvalue weighted by atomic mass is 127. The molecule has 0 unspecified atom stereocenters. The zero-order valence-electron chi connectivity index (χ0n) is 25.4. The summed E-state index contributed by atoms with van der Waals surface area (Å²) in [6, 6.07) is 7.47. The van der Waals surface area contributed by atoms with Crippen LogP contribution in [0.3, 0.4) is 0 Å². The molecule has 1 aliphatic rings. The van der Waals surface area contributed by atoms with Gasteiger partial charge in [0.05, 0.1) is 52.8 Å². The summed E-state index contributed by atoms with van der Waals surface area (Å²) < 4.78 is 34.6. The van der Waals surface area contributed by atoms with E-state index in [4.69, 9.17) is 23.7 Å². The molecule has 4 rings (SSSR count). The van der Waals surface area contributed by atoms with E-state index in [1.807, 2.05) is 22.6 Å². The maximum Gasteiger partial charge on any atom is 0.343 e. The molecule has 0 bridgehead atoms. The van der Waals surface area contributed by atoms with Crippen LogP contribution in [0.5, 0.6) is 23.0 Å². The van der Waals surface area contributed by atoms with Gasteiger partial charge in [-0.05, 0) is 84.8 Å². The molecule has 0 amide bonds. The number of nitrogens with zero attached hydrogens (tertiary/aromatic N) is 2. The van der Waals surface area contributed by atoms with Crippen LogP contribution in [0.2, 0.25) is 0 Å². The molecule has 45 heavy (non-hydrogen) atoms. The maximum absolute atomic E-state index is 14.1. The number of hydrogen-bond acceptors (Lipinski definition) is 12. The quantitative estimate of drug-likeness (QED) is 0.163. The van der Waals surface area contributed by atoms with Gasteiger partial charge >= 0.3 is 17.9 Å². The lowest BCUT2D eigenvalue weighted by molar-refractivity contribution is -0.143. The molecule has 3 aromatic rings. The van der Waals surface area contributed by atoms with Crippen molar-refractivity contribution < 1.29 is 42.8 Å². The molecule has 2 aromatic carbocycles. The topological polar surface area (TPSA) is 141 Å². The number of aromatic nitrogens is 1. The van der Waals surface area contributed by atoms with Gasteiger partial charge in [-0.15, -0.1) is 0 Å². The first-order chi connectivity index (χ1) is 21.5. The van der Waals surface area contributed by atoms with E-state index in [-0.39, 0.29) is 35.8 Å². The number of esters is 3. The van der Waals surface area contributed by atoms with Gasteiger partial charge < -0.3 is 28.4 Å². The van der Waals surface area contributed by atoms with Gasteiger partial charge in [-0.25, -0.2) is 14.6 Å². The van der Waals surface area contributed by atoms with Crippen molar-refractivity contribution in [3.05, 3.63) is 76.0 Å². The number of carbonyl (C=O) groups is 3. The van der Waals surface area contributed by atoms with Crippen molar-refractivity contribution in [2.45, 2.75) is 33.7 Å². The second-order valence-corrected chi connectivity index (χ2v) is 11.6. The molecule has 14 heteroatoms. The zero-order chi connectivity index (χ0) is 32.8. The Kier molecular flexibility index (Phi) is 11.0. The van der Waals surface area contributed by atoms with Gasteiger partial charge in [-0.1, -0.05) is 17.4 Å². The highest BCUT2D eigenvalue weighted by molar-refractivity contribution is 14.1. The van der Waals surface area contributed by atoms with E-state index in [2.05, 4.69) is 9.73 Å². The number of methoxy groups -OCH3 is 2. The molecule has 0 N–H and O–H groups in total. The Morgan fingerprint density at radius 2 is 1.80 bits per heavy atom. The number of hydrogen-bond donors (Lipinski definition) is 0. The summed E-state index contributed by atoms with van der Waals surface area (Å²) in [7, 11) is 2.72. The first kappa shape index (κ1) is 33.7. The van der Waals surface area contributed by atoms with Gasteiger partial charge in [0.15, 0.2) is 34.4 Å². The monoisotopic (exact) mass is 750 g/mol. The van der Waals surface area contributed by atoms with Gasteiger partial charge in [0, 0.05) is 6.92 Å². The van der Waals surface area contributed by atoms with Crippen molar-refractivity contribution in [2.24, 2.45) is 4.99 Å². The highest BCUT2D eigenvalue weighted by Gasteiger charge is 2.34. The lowest BCUT2D eigenvalue weighted by Crippen LogP contribution is -2.40. The summed E-state index contributed by atoms with van der Waals surface area (Å²) in [4.78, 5) is 55.6. The van der Waals surface area contributed by atoms with Gasteiger partial charge in [-0.3, -0.25) is 14.2 Å². The summed E-state index contributed by atoms with van der Waals surface area (Å²) in [6.45, 7) is 6.57. The Bertz CT molecular complexity index is 1860. The van der Waals surface area contributed by atoms with E-state index < -0.39 is 23.9 Å². The van der Waals surface area contributed by atoms with Crippen LogP contribution in [-0.4, -0.2) is 56.5 Å². The van der Waals surface area contributed by atoms with Gasteiger partial charge in [0.25, 0.3) is 5.56 Å². The van der Waals surface area contributed by atoms with Crippen molar-refractivity contribution in [3.8, 4) is 23.0 Å². The van der Waals surface area contributed by atoms with Gasteiger partial charge in [-0.2, -0.15) is 0 Å². The fourth-order valence-electron chi connectivity index (χ4n) is 4.60. The van der Waals surface area contributed by atoms with Crippen LogP contribution < -0.4 is 33.8 Å². The van der Waals surface area contributed by atoms with Crippen LogP contribution in [0.4, 0.5) is 0 Å². The zero-order valence-corrected chi connectivity index (χ0v) is 28.4. The normalized spacial score (nSPS) is 14.3. The Balaban J connectivity index is 1.90. The molecule has 1 aliphatic heterocycles. The van der Waals surface area contributed by atoms with Crippen molar-refractivity contribution in [1.29, 1.82) is 0 Å². The Morgan fingerprint density at radius 1 is 1.04 bits per heavy atom. The molecule has 0 saturated heterocycles. The van der Waals surface area contributed by atoms with Crippen LogP contribution in [0, 0.1) is 3.57 Å². The predicted molar refractivity (Wildman–Crippen MR) is 173 cm³/mol. The number of thiazole rings is 1. The maximum atomic E-state index is 14.1. The number of allylic oxidation sites excluding steroid dienone is 1. The summed E-state index contributed by atoms with van der Waals surface area (Å²) in [5.74, 6) is -0.454. The largest absolute Gasteiger partial charge is 0.493 e. The van der Waals surface area contributed by atoms with Crippen molar-refractivity contribution >= 4 is 57.9 Å². The fourth-order valence-corrected chi connectivity index (χ4v) is 6.38. The molecular weight excluding hydrogens is 719 g/mol. The van der Waals surface area contributed by atoms with Crippen molar-refractivity contribution in [1.82, 2.24) is 4.57 Å². The summed E-state index contributed by atoms with van der Waals surface area (Å²) >= 11 is 3.19. The molecule has 0 radical (unpaired) electrons. The molecule has 0 fully saturated rings. The second-order valence-electron chi connectivity index (χ2n) is 9.43. The van der Waals surface area contributed by atoms with E-state index in [0.717, 1.165) is 11.3 Å². The van der Waals surface area contributed by atoms with E-state index in [1.165, 1.54) is 25.7 Å². The smallest absolute Gasteiger partial charge is 0.343 e. The highest BCUT2D eigenvalue weighted by Crippen LogP contribution is 2.37. The number of ether oxygens (including phenoxy) is 6. The van der Waals surface area contributed by atoms with Crippen molar-refractivity contribution in [3.63, 3.8) is 0 Å². The molecule has 2 heterocycles. The number of carbonyl (C=O) groups excluding carboxylic acids is 3. The van der Waals surface area contributed by atoms with E-state index >= 15 is 0 Å². The number of fused-ring (bicyclic) bond motifs is 1. The average Bonchev–Trinajstić information content (AvgIpc) is 3.30. The molecule has 1 aromatic heterocycles. The lowest BCUT2D eigenvalue weighted by atomic mass is 9.95. The molecule has 0 spiro atoms. The van der Waals surface area contributed by atoms with Crippen molar-refractivity contribution in [2.75, 3.05) is 34.0 Å². The molecular formula is C31H31IN2O10S. The average molecular weight is 751 g/mol. The molecule has 12 nitrogen and oxygen atoms in total. The molecule has 238 valence electrons. The SMILES string of the molecule is CCOC(=O)C1=C(C)N=c2s/c(=C/c3cc(I)c(OC(C)=O)c(OC)c3)c(=O)n2[C@H]1c1ccc(OCC(=O)OC)c(OCC)c1. The third-order valence-electron chi connectivity index (χ3n) is 6.47. The van der Waals surface area contributed by atoms with Crippen LogP contribution >= 0.6 is 33.9 Å². The van der Waals surface area contributed by atoms with E-state index in [0.29, 0.717) is 47.8 Å². The molecule has 0 aliphatic carbocycles. The minimum atomic E-state index is -0.905. The molecule has 0 saturated carbocycles. The van der Waals surface area contributed by atoms with E-state index in [9.17, 15) is 19.2 Å². The summed E-state index contributed by atoms with van der Waals surface area (Å²) in [5, 5.41) is 0. The number of halogens is 1. The minimum absolute atomic E-state index is 0.126. The Hall–Kier alpha value is -4.18. The number of benzene rings is 2. The van der Waals surface area contributed by atoms with Crippen LogP contribution in [0.25, 0.3) is 6.08 Å².